The first-order chi connectivity index (χ1) is 12.8. The van der Waals surface area contributed by atoms with Crippen LogP contribution >= 0.6 is 0 Å². The lowest BCUT2D eigenvalue weighted by molar-refractivity contribution is 0.0694. The van der Waals surface area contributed by atoms with Crippen molar-refractivity contribution in [2.75, 3.05) is 24.5 Å². The first-order valence-corrected chi connectivity index (χ1v) is 8.78. The molecule has 2 aliphatic rings. The van der Waals surface area contributed by atoms with Crippen molar-refractivity contribution in [3.05, 3.63) is 39.4 Å². The normalized spacial score (nSPS) is 19.9. The van der Waals surface area contributed by atoms with Gasteiger partial charge < -0.3 is 20.3 Å². The van der Waals surface area contributed by atoms with Crippen molar-refractivity contribution in [3.8, 4) is 0 Å². The largest absolute Gasteiger partial charge is 0.477 e. The van der Waals surface area contributed by atoms with E-state index in [1.807, 2.05) is 0 Å². The molecule has 27 heavy (non-hydrogen) atoms. The number of benzene rings is 1. The summed E-state index contributed by atoms with van der Waals surface area (Å²) < 4.78 is 46.2. The van der Waals surface area contributed by atoms with Gasteiger partial charge in [-0.15, -0.1) is 0 Å². The van der Waals surface area contributed by atoms with Crippen molar-refractivity contribution in [1.29, 1.82) is 0 Å². The number of anilines is 1. The minimum absolute atomic E-state index is 0.0440. The Bertz CT molecular complexity index is 1020. The van der Waals surface area contributed by atoms with E-state index in [1.165, 1.54) is 9.47 Å². The molecule has 1 unspecified atom stereocenters. The third kappa shape index (κ3) is 2.68. The lowest BCUT2D eigenvalue weighted by Crippen LogP contribution is -2.27. The molecule has 3 N–H and O–H groups in total. The van der Waals surface area contributed by atoms with Gasteiger partial charge in [0.1, 0.15) is 11.3 Å². The average Bonchev–Trinajstić information content (AvgIpc) is 3.37. The molecule has 1 saturated carbocycles. The number of carboxylic acids is 1. The molecule has 0 spiro atoms. The zero-order chi connectivity index (χ0) is 19.5. The molecule has 0 amide bonds. The molecule has 1 aliphatic carbocycles. The number of carboxylic acid groups (broad SMARTS) is 1. The van der Waals surface area contributed by atoms with Gasteiger partial charge in [-0.25, -0.2) is 18.0 Å². The summed E-state index contributed by atoms with van der Waals surface area (Å²) in [6.07, 6.45) is 2.94. The second-order valence-electron chi connectivity index (χ2n) is 7.17. The summed E-state index contributed by atoms with van der Waals surface area (Å²) in [6.45, 7) is 0.961. The monoisotopic (exact) mass is 381 g/mol. The number of hydrogen-bond donors (Lipinski definition) is 2. The number of nitrogens with zero attached hydrogens (tertiary/aromatic N) is 2. The van der Waals surface area contributed by atoms with Crippen molar-refractivity contribution < 1.29 is 23.1 Å². The number of halogens is 3. The quantitative estimate of drug-likeness (QED) is 0.793. The summed E-state index contributed by atoms with van der Waals surface area (Å²) >= 11 is 0. The van der Waals surface area contributed by atoms with Crippen LogP contribution in [0.2, 0.25) is 0 Å². The summed E-state index contributed by atoms with van der Waals surface area (Å²) in [7, 11) is 0. The first kappa shape index (κ1) is 17.8. The van der Waals surface area contributed by atoms with E-state index in [0.717, 1.165) is 6.20 Å². The molecule has 1 aromatic heterocycles. The van der Waals surface area contributed by atoms with Crippen LogP contribution in [0, 0.1) is 23.4 Å². The van der Waals surface area contributed by atoms with E-state index < -0.39 is 45.5 Å². The first-order valence-electron chi connectivity index (χ1n) is 8.78. The minimum atomic E-state index is -1.56. The standard InChI is InChI=1S/C18H18F3N3O3/c19-12-11-15(24(9-1-2-9)7-10(17(11)25)18(26)27)14(21)16(13(12)20)23-4-3-8(5-22)6-23/h7-9H,1-6,22H2,(H,26,27). The van der Waals surface area contributed by atoms with Crippen LogP contribution in [-0.2, 0) is 0 Å². The lowest BCUT2D eigenvalue weighted by atomic mass is 10.1. The van der Waals surface area contributed by atoms with Gasteiger partial charge in [0.2, 0.25) is 5.43 Å². The van der Waals surface area contributed by atoms with Gasteiger partial charge in [-0.2, -0.15) is 0 Å². The van der Waals surface area contributed by atoms with Gasteiger partial charge in [-0.3, -0.25) is 4.79 Å². The van der Waals surface area contributed by atoms with Crippen molar-refractivity contribution in [1.82, 2.24) is 4.57 Å². The Labute approximate surface area is 152 Å². The third-order valence-corrected chi connectivity index (χ3v) is 5.38. The predicted molar refractivity (Wildman–Crippen MR) is 92.7 cm³/mol. The Morgan fingerprint density at radius 2 is 1.89 bits per heavy atom. The van der Waals surface area contributed by atoms with E-state index in [9.17, 15) is 23.5 Å². The second kappa shape index (κ2) is 6.26. The molecule has 0 radical (unpaired) electrons. The summed E-state index contributed by atoms with van der Waals surface area (Å²) in [5.74, 6) is -5.55. The SMILES string of the molecule is NCC1CCN(c2c(F)c(F)c3c(=O)c(C(=O)O)cn(C4CC4)c3c2F)C1. The Kier molecular flexibility index (Phi) is 4.14. The maximum Gasteiger partial charge on any atom is 0.341 e. The highest BCUT2D eigenvalue weighted by molar-refractivity contribution is 5.94. The fraction of sp³-hybridized carbons (Fsp3) is 0.444. The van der Waals surface area contributed by atoms with E-state index in [-0.39, 0.29) is 24.0 Å². The number of rotatable bonds is 4. The Morgan fingerprint density at radius 1 is 1.19 bits per heavy atom. The van der Waals surface area contributed by atoms with Gasteiger partial charge in [0.05, 0.1) is 10.9 Å². The summed E-state index contributed by atoms with van der Waals surface area (Å²) in [5.41, 5.74) is 2.79. The van der Waals surface area contributed by atoms with Gasteiger partial charge in [-0.05, 0) is 31.7 Å². The molecule has 2 heterocycles. The van der Waals surface area contributed by atoms with Gasteiger partial charge in [-0.1, -0.05) is 0 Å². The van der Waals surface area contributed by atoms with Crippen molar-refractivity contribution in [2.24, 2.45) is 11.7 Å². The van der Waals surface area contributed by atoms with Gasteiger partial charge in [0.15, 0.2) is 17.5 Å². The molecule has 9 heteroatoms. The summed E-state index contributed by atoms with van der Waals surface area (Å²) in [5, 5.41) is 8.37. The van der Waals surface area contributed by atoms with E-state index in [1.54, 1.807) is 0 Å². The summed E-state index contributed by atoms with van der Waals surface area (Å²) in [6, 6.07) is -0.242. The van der Waals surface area contributed by atoms with Crippen LogP contribution in [0.25, 0.3) is 10.9 Å². The Balaban J connectivity index is 2.04. The molecule has 6 nitrogen and oxygen atoms in total. The number of pyridine rings is 1. The van der Waals surface area contributed by atoms with Crippen LogP contribution in [-0.4, -0.2) is 35.3 Å². The van der Waals surface area contributed by atoms with Crippen LogP contribution in [0.4, 0.5) is 18.9 Å². The number of nitrogens with two attached hydrogens (primary N) is 1. The van der Waals surface area contributed by atoms with Gasteiger partial charge in [0.25, 0.3) is 0 Å². The third-order valence-electron chi connectivity index (χ3n) is 5.38. The van der Waals surface area contributed by atoms with Gasteiger partial charge >= 0.3 is 5.97 Å². The maximum atomic E-state index is 15.4. The summed E-state index contributed by atoms with van der Waals surface area (Å²) in [4.78, 5) is 25.2. The molecule has 1 aromatic carbocycles. The van der Waals surface area contributed by atoms with E-state index in [2.05, 4.69) is 0 Å². The molecule has 0 bridgehead atoms. The van der Waals surface area contributed by atoms with Crippen molar-refractivity contribution in [2.45, 2.75) is 25.3 Å². The average molecular weight is 381 g/mol. The molecular formula is C18H18F3N3O3. The predicted octanol–water partition coefficient (Wildman–Crippen LogP) is 2.24. The Hall–Kier alpha value is -2.55. The topological polar surface area (TPSA) is 88.6 Å². The smallest absolute Gasteiger partial charge is 0.341 e. The highest BCUT2D eigenvalue weighted by Gasteiger charge is 2.35. The lowest BCUT2D eigenvalue weighted by Gasteiger charge is -2.23. The molecule has 144 valence electrons. The molecule has 4 rings (SSSR count). The van der Waals surface area contributed by atoms with Crippen molar-refractivity contribution >= 4 is 22.6 Å². The zero-order valence-corrected chi connectivity index (χ0v) is 14.3. The number of hydrogen-bond acceptors (Lipinski definition) is 4. The number of carbonyl (C=O) groups is 1. The zero-order valence-electron chi connectivity index (χ0n) is 14.3. The van der Waals surface area contributed by atoms with E-state index in [4.69, 9.17) is 5.73 Å². The molecular weight excluding hydrogens is 363 g/mol. The highest BCUT2D eigenvalue weighted by Crippen LogP contribution is 2.41. The number of aromatic carboxylic acids is 1. The molecule has 2 fully saturated rings. The molecule has 1 saturated heterocycles. The number of aromatic nitrogens is 1. The fourth-order valence-corrected chi connectivity index (χ4v) is 3.78. The van der Waals surface area contributed by atoms with Crippen LogP contribution in [0.1, 0.15) is 35.7 Å². The molecule has 1 aliphatic heterocycles. The Morgan fingerprint density at radius 3 is 2.44 bits per heavy atom. The van der Waals surface area contributed by atoms with Crippen LogP contribution in [0.3, 0.4) is 0 Å². The number of fused-ring (bicyclic) bond motifs is 1. The van der Waals surface area contributed by atoms with Gasteiger partial charge in [0, 0.05) is 25.3 Å². The molecule has 2 aromatic rings. The van der Waals surface area contributed by atoms with Crippen LogP contribution in [0.15, 0.2) is 11.0 Å². The van der Waals surface area contributed by atoms with Crippen molar-refractivity contribution in [3.63, 3.8) is 0 Å². The van der Waals surface area contributed by atoms with E-state index >= 15 is 4.39 Å². The minimum Gasteiger partial charge on any atom is -0.477 e. The second-order valence-corrected chi connectivity index (χ2v) is 7.17. The fourth-order valence-electron chi connectivity index (χ4n) is 3.78. The maximum absolute atomic E-state index is 15.4. The van der Waals surface area contributed by atoms with Crippen LogP contribution < -0.4 is 16.1 Å². The highest BCUT2D eigenvalue weighted by atomic mass is 19.2. The molecule has 1 atom stereocenters. The van der Waals surface area contributed by atoms with E-state index in [0.29, 0.717) is 32.4 Å². The van der Waals surface area contributed by atoms with Crippen LogP contribution in [0.5, 0.6) is 0 Å².